The topological polar surface area (TPSA) is 101 Å². The number of H-pyrrole nitrogens is 1. The van der Waals surface area contributed by atoms with Crippen LogP contribution in [0.4, 0.5) is 14.5 Å². The molecule has 0 bridgehead atoms. The monoisotopic (exact) mass is 535 g/mol. The molecule has 1 atom stereocenters. The third-order valence-electron chi connectivity index (χ3n) is 8.03. The van der Waals surface area contributed by atoms with Crippen molar-refractivity contribution < 1.29 is 18.3 Å². The number of ether oxygens (including phenoxy) is 1. The van der Waals surface area contributed by atoms with E-state index in [1.54, 1.807) is 25.5 Å². The average molecular weight is 536 g/mol. The van der Waals surface area contributed by atoms with E-state index in [-0.39, 0.29) is 23.4 Å². The lowest BCUT2D eigenvalue weighted by Crippen LogP contribution is -2.49. The SMILES string of the molecule is C[C@@H]1CN(Cc2cc(C(=O)Nc3cccc(C4(Cc5nncn5C)COC4)c3)nc3cc[nH]c23)CCC1(F)F. The fourth-order valence-electron chi connectivity index (χ4n) is 5.51. The first-order valence-corrected chi connectivity index (χ1v) is 13.1. The number of piperidine rings is 1. The minimum Gasteiger partial charge on any atom is -0.379 e. The molecule has 0 saturated carbocycles. The van der Waals surface area contributed by atoms with Crippen molar-refractivity contribution in [2.45, 2.75) is 37.6 Å². The van der Waals surface area contributed by atoms with E-state index in [9.17, 15) is 13.6 Å². The van der Waals surface area contributed by atoms with Crippen LogP contribution in [0.1, 0.15) is 40.8 Å². The highest BCUT2D eigenvalue weighted by molar-refractivity contribution is 6.04. The van der Waals surface area contributed by atoms with Crippen LogP contribution in [0.3, 0.4) is 0 Å². The molecule has 0 spiro atoms. The quantitative estimate of drug-likeness (QED) is 0.372. The molecule has 2 fully saturated rings. The van der Waals surface area contributed by atoms with Crippen molar-refractivity contribution in [3.05, 3.63) is 71.6 Å². The van der Waals surface area contributed by atoms with Gasteiger partial charge in [-0.3, -0.25) is 9.69 Å². The fraction of sp³-hybridized carbons (Fsp3) is 0.429. The molecule has 1 aromatic carbocycles. The Bertz CT molecular complexity index is 1510. The van der Waals surface area contributed by atoms with Crippen molar-refractivity contribution in [3.8, 4) is 0 Å². The molecule has 1 amide bonds. The number of anilines is 1. The van der Waals surface area contributed by atoms with Gasteiger partial charge in [-0.05, 0) is 35.4 Å². The maximum Gasteiger partial charge on any atom is 0.274 e. The third-order valence-corrected chi connectivity index (χ3v) is 8.03. The summed E-state index contributed by atoms with van der Waals surface area (Å²) in [6.07, 6.45) is 3.97. The van der Waals surface area contributed by atoms with Crippen molar-refractivity contribution in [2.75, 3.05) is 31.6 Å². The summed E-state index contributed by atoms with van der Waals surface area (Å²) in [5.74, 6) is -2.83. The average Bonchev–Trinajstić information content (AvgIpc) is 3.53. The van der Waals surface area contributed by atoms with Crippen LogP contribution < -0.4 is 5.32 Å². The Hall–Kier alpha value is -3.70. The van der Waals surface area contributed by atoms with Crippen molar-refractivity contribution in [2.24, 2.45) is 13.0 Å². The summed E-state index contributed by atoms with van der Waals surface area (Å²) in [5, 5.41) is 11.2. The highest BCUT2D eigenvalue weighted by Gasteiger charge is 2.42. The van der Waals surface area contributed by atoms with Gasteiger partial charge in [-0.15, -0.1) is 10.2 Å². The Morgan fingerprint density at radius 1 is 1.26 bits per heavy atom. The predicted molar refractivity (Wildman–Crippen MR) is 142 cm³/mol. The number of alkyl halides is 2. The van der Waals surface area contributed by atoms with E-state index in [0.29, 0.717) is 50.5 Å². The van der Waals surface area contributed by atoms with E-state index in [1.165, 1.54) is 0 Å². The Labute approximate surface area is 224 Å². The number of halogens is 2. The maximum absolute atomic E-state index is 14.0. The van der Waals surface area contributed by atoms with Crippen LogP contribution in [0.25, 0.3) is 11.0 Å². The molecule has 0 radical (unpaired) electrons. The number of rotatable bonds is 7. The van der Waals surface area contributed by atoms with Gasteiger partial charge in [0.1, 0.15) is 17.8 Å². The number of likely N-dealkylation sites (tertiary alicyclic amines) is 1. The Morgan fingerprint density at radius 2 is 2.10 bits per heavy atom. The number of hydrogen-bond donors (Lipinski definition) is 2. The number of aromatic amines is 1. The van der Waals surface area contributed by atoms with Gasteiger partial charge in [-0.25, -0.2) is 13.8 Å². The molecular formula is C28H31F2N7O2. The van der Waals surface area contributed by atoms with E-state index in [4.69, 9.17) is 4.74 Å². The number of fused-ring (bicyclic) bond motifs is 1. The summed E-state index contributed by atoms with van der Waals surface area (Å²) in [6.45, 7) is 3.77. The molecule has 204 valence electrons. The summed E-state index contributed by atoms with van der Waals surface area (Å²) in [5.41, 5.74) is 4.09. The van der Waals surface area contributed by atoms with Crippen LogP contribution in [-0.4, -0.2) is 67.8 Å². The van der Waals surface area contributed by atoms with Crippen LogP contribution in [0.15, 0.2) is 48.9 Å². The number of pyridine rings is 1. The molecule has 4 aromatic rings. The number of carbonyl (C=O) groups is 1. The first kappa shape index (κ1) is 25.6. The smallest absolute Gasteiger partial charge is 0.274 e. The van der Waals surface area contributed by atoms with Gasteiger partial charge < -0.3 is 19.6 Å². The number of nitrogens with one attached hydrogen (secondary N) is 2. The second kappa shape index (κ2) is 9.80. The molecule has 5 heterocycles. The zero-order valence-electron chi connectivity index (χ0n) is 22.0. The van der Waals surface area contributed by atoms with Crippen LogP contribution in [0, 0.1) is 5.92 Å². The molecular weight excluding hydrogens is 504 g/mol. The van der Waals surface area contributed by atoms with E-state index in [1.807, 2.05) is 46.8 Å². The number of nitrogens with zero attached hydrogens (tertiary/aromatic N) is 5. The zero-order valence-corrected chi connectivity index (χ0v) is 22.0. The van der Waals surface area contributed by atoms with Crippen LogP contribution in [-0.2, 0) is 30.2 Å². The van der Waals surface area contributed by atoms with E-state index < -0.39 is 11.8 Å². The van der Waals surface area contributed by atoms with Gasteiger partial charge in [0.25, 0.3) is 11.8 Å². The summed E-state index contributed by atoms with van der Waals surface area (Å²) >= 11 is 0. The summed E-state index contributed by atoms with van der Waals surface area (Å²) in [4.78, 5) is 23.1. The van der Waals surface area contributed by atoms with Crippen LogP contribution in [0.5, 0.6) is 0 Å². The standard InChI is InChI=1S/C28H31F2N7O2/c1-18-13-37(9-7-28(18,29)30)14-19-10-23(34-22-6-8-31-25(19)22)26(38)33-21-5-3-4-20(11-21)27(15-39-16-27)12-24-35-32-17-36(24)2/h3-6,8,10-11,17-18,31H,7,9,12-16H2,1-2H3,(H,33,38)/t18-/m1/s1. The number of aromatic nitrogens is 5. The van der Waals surface area contributed by atoms with E-state index in [2.05, 4.69) is 25.5 Å². The second-order valence-corrected chi connectivity index (χ2v) is 10.9. The van der Waals surface area contributed by atoms with Gasteiger partial charge in [0, 0.05) is 62.7 Å². The molecule has 11 heteroatoms. The van der Waals surface area contributed by atoms with E-state index >= 15 is 0 Å². The van der Waals surface area contributed by atoms with Gasteiger partial charge in [0.15, 0.2) is 0 Å². The molecule has 2 aliphatic heterocycles. The number of benzene rings is 1. The molecule has 3 aromatic heterocycles. The molecule has 2 N–H and O–H groups in total. The van der Waals surface area contributed by atoms with Gasteiger partial charge in [0.05, 0.1) is 24.2 Å². The molecule has 0 aliphatic carbocycles. The minimum absolute atomic E-state index is 0.167. The third kappa shape index (κ3) is 4.92. The summed E-state index contributed by atoms with van der Waals surface area (Å²) in [6, 6.07) is 11.4. The fourth-order valence-corrected chi connectivity index (χ4v) is 5.51. The molecule has 2 saturated heterocycles. The molecule has 39 heavy (non-hydrogen) atoms. The molecule has 0 unspecified atom stereocenters. The van der Waals surface area contributed by atoms with Crippen LogP contribution in [0.2, 0.25) is 0 Å². The second-order valence-electron chi connectivity index (χ2n) is 10.9. The molecule has 9 nitrogen and oxygen atoms in total. The summed E-state index contributed by atoms with van der Waals surface area (Å²) in [7, 11) is 1.92. The zero-order chi connectivity index (χ0) is 27.2. The van der Waals surface area contributed by atoms with Gasteiger partial charge >= 0.3 is 0 Å². The molecule has 2 aliphatic rings. The van der Waals surface area contributed by atoms with Crippen molar-refractivity contribution >= 4 is 22.6 Å². The van der Waals surface area contributed by atoms with Crippen molar-refractivity contribution in [3.63, 3.8) is 0 Å². The highest BCUT2D eigenvalue weighted by Crippen LogP contribution is 2.37. The Kier molecular flexibility index (Phi) is 6.43. The summed E-state index contributed by atoms with van der Waals surface area (Å²) < 4.78 is 35.5. The first-order valence-electron chi connectivity index (χ1n) is 13.1. The lowest BCUT2D eigenvalue weighted by Gasteiger charge is -2.41. The van der Waals surface area contributed by atoms with Crippen molar-refractivity contribution in [1.29, 1.82) is 0 Å². The lowest BCUT2D eigenvalue weighted by atomic mass is 9.75. The first-order chi connectivity index (χ1) is 18.7. The number of carbonyl (C=O) groups excluding carboxylic acids is 1. The Morgan fingerprint density at radius 3 is 2.82 bits per heavy atom. The highest BCUT2D eigenvalue weighted by atomic mass is 19.3. The normalized spacial score (nSPS) is 20.6. The predicted octanol–water partition coefficient (Wildman–Crippen LogP) is 3.93. The maximum atomic E-state index is 14.0. The largest absolute Gasteiger partial charge is 0.379 e. The van der Waals surface area contributed by atoms with E-state index in [0.717, 1.165) is 22.5 Å². The number of aryl methyl sites for hydroxylation is 1. The lowest BCUT2D eigenvalue weighted by molar-refractivity contribution is -0.100. The number of hydrogen-bond acceptors (Lipinski definition) is 6. The number of amides is 1. The Balaban J connectivity index is 1.22. The van der Waals surface area contributed by atoms with Gasteiger partial charge in [-0.2, -0.15) is 0 Å². The molecule has 6 rings (SSSR count). The van der Waals surface area contributed by atoms with Gasteiger partial charge in [0.2, 0.25) is 0 Å². The van der Waals surface area contributed by atoms with Crippen LogP contribution >= 0.6 is 0 Å². The van der Waals surface area contributed by atoms with Gasteiger partial charge in [-0.1, -0.05) is 19.1 Å². The van der Waals surface area contributed by atoms with Crippen molar-refractivity contribution in [1.82, 2.24) is 29.6 Å². The minimum atomic E-state index is -2.64.